The molecule has 0 N–H and O–H groups in total. The lowest BCUT2D eigenvalue weighted by molar-refractivity contribution is 0.0995. The van der Waals surface area contributed by atoms with Crippen molar-refractivity contribution in [2.75, 3.05) is 13.2 Å². The maximum absolute atomic E-state index is 5.45. The molecular formula is C11H16O2. The van der Waals surface area contributed by atoms with E-state index in [4.69, 9.17) is 9.47 Å². The van der Waals surface area contributed by atoms with Crippen LogP contribution in [0.25, 0.3) is 0 Å². The normalized spacial score (nSPS) is 31.7. The molecule has 2 aliphatic heterocycles. The summed E-state index contributed by atoms with van der Waals surface area (Å²) in [6.45, 7) is 1.59. The SMILES string of the molecule is C1=C[C@H](CCC[C@@H]2C=CCO2)OC1. The standard InChI is InChI=1S/C11H16O2/c1(4-10-6-2-8-12-10)5-11-7-3-9-13-11/h2-3,6-7,10-11H,1,4-5,8-9H2/t10-,11+. The maximum atomic E-state index is 5.45. The van der Waals surface area contributed by atoms with Crippen molar-refractivity contribution < 1.29 is 9.47 Å². The van der Waals surface area contributed by atoms with Gasteiger partial charge in [-0.3, -0.25) is 0 Å². The van der Waals surface area contributed by atoms with Crippen molar-refractivity contribution in [3.05, 3.63) is 24.3 Å². The second-order valence-electron chi connectivity index (χ2n) is 3.53. The molecule has 2 rings (SSSR count). The lowest BCUT2D eigenvalue weighted by Crippen LogP contribution is -2.08. The highest BCUT2D eigenvalue weighted by atomic mass is 16.5. The van der Waals surface area contributed by atoms with Crippen LogP contribution in [0.2, 0.25) is 0 Å². The second-order valence-corrected chi connectivity index (χ2v) is 3.53. The van der Waals surface area contributed by atoms with Gasteiger partial charge in [0, 0.05) is 0 Å². The highest BCUT2D eigenvalue weighted by Crippen LogP contribution is 2.15. The van der Waals surface area contributed by atoms with E-state index in [2.05, 4.69) is 24.3 Å². The predicted molar refractivity (Wildman–Crippen MR) is 51.6 cm³/mol. The molecule has 0 radical (unpaired) electrons. The molecule has 0 fully saturated rings. The molecule has 2 nitrogen and oxygen atoms in total. The molecule has 72 valence electrons. The van der Waals surface area contributed by atoms with Gasteiger partial charge in [-0.15, -0.1) is 0 Å². The first-order valence-corrected chi connectivity index (χ1v) is 5.02. The lowest BCUT2D eigenvalue weighted by Gasteiger charge is -2.10. The topological polar surface area (TPSA) is 18.5 Å². The van der Waals surface area contributed by atoms with Crippen LogP contribution in [-0.2, 0) is 9.47 Å². The molecule has 0 aromatic carbocycles. The molecule has 0 aromatic heterocycles. The van der Waals surface area contributed by atoms with Gasteiger partial charge in [0.05, 0.1) is 25.4 Å². The third-order valence-electron chi connectivity index (χ3n) is 2.49. The van der Waals surface area contributed by atoms with E-state index in [-0.39, 0.29) is 0 Å². The molecule has 0 aliphatic carbocycles. The monoisotopic (exact) mass is 180 g/mol. The lowest BCUT2D eigenvalue weighted by atomic mass is 10.1. The summed E-state index contributed by atoms with van der Waals surface area (Å²) in [6.07, 6.45) is 12.7. The smallest absolute Gasteiger partial charge is 0.0760 e. The summed E-state index contributed by atoms with van der Waals surface area (Å²) < 4.78 is 10.9. The Bertz CT molecular complexity index is 186. The van der Waals surface area contributed by atoms with Gasteiger partial charge < -0.3 is 9.47 Å². The van der Waals surface area contributed by atoms with Gasteiger partial charge in [-0.25, -0.2) is 0 Å². The number of ether oxygens (including phenoxy) is 2. The van der Waals surface area contributed by atoms with Gasteiger partial charge in [-0.1, -0.05) is 24.3 Å². The van der Waals surface area contributed by atoms with Gasteiger partial charge in [0.1, 0.15) is 0 Å². The quantitative estimate of drug-likeness (QED) is 0.616. The number of hydrogen-bond donors (Lipinski definition) is 0. The molecule has 2 atom stereocenters. The van der Waals surface area contributed by atoms with Gasteiger partial charge in [0.25, 0.3) is 0 Å². The van der Waals surface area contributed by atoms with E-state index in [0.717, 1.165) is 26.1 Å². The Morgan fingerprint density at radius 1 is 0.923 bits per heavy atom. The average Bonchev–Trinajstić information content (AvgIpc) is 2.75. The molecule has 2 aliphatic rings. The van der Waals surface area contributed by atoms with E-state index in [1.54, 1.807) is 0 Å². The molecule has 0 bridgehead atoms. The van der Waals surface area contributed by atoms with Crippen molar-refractivity contribution in [3.63, 3.8) is 0 Å². The van der Waals surface area contributed by atoms with E-state index in [9.17, 15) is 0 Å². The van der Waals surface area contributed by atoms with Gasteiger partial charge in [-0.2, -0.15) is 0 Å². The van der Waals surface area contributed by atoms with E-state index in [1.165, 1.54) is 6.42 Å². The van der Waals surface area contributed by atoms with Crippen LogP contribution in [0.15, 0.2) is 24.3 Å². The zero-order chi connectivity index (χ0) is 8.93. The molecule has 13 heavy (non-hydrogen) atoms. The van der Waals surface area contributed by atoms with Crippen LogP contribution in [0.3, 0.4) is 0 Å². The molecule has 2 heterocycles. The van der Waals surface area contributed by atoms with Crippen LogP contribution in [-0.4, -0.2) is 25.4 Å². The van der Waals surface area contributed by atoms with E-state index in [1.807, 2.05) is 0 Å². The Morgan fingerprint density at radius 3 is 1.85 bits per heavy atom. The van der Waals surface area contributed by atoms with E-state index in [0.29, 0.717) is 12.2 Å². The van der Waals surface area contributed by atoms with Crippen molar-refractivity contribution >= 4 is 0 Å². The molecule has 2 heteroatoms. The number of hydrogen-bond acceptors (Lipinski definition) is 2. The van der Waals surface area contributed by atoms with E-state index >= 15 is 0 Å². The third-order valence-corrected chi connectivity index (χ3v) is 2.49. The summed E-state index contributed by atoms with van der Waals surface area (Å²) in [5.74, 6) is 0. The van der Waals surface area contributed by atoms with Gasteiger partial charge in [-0.05, 0) is 19.3 Å². The average molecular weight is 180 g/mol. The fourth-order valence-electron chi connectivity index (χ4n) is 1.76. The van der Waals surface area contributed by atoms with E-state index < -0.39 is 0 Å². The van der Waals surface area contributed by atoms with Crippen LogP contribution in [0.1, 0.15) is 19.3 Å². The minimum atomic E-state index is 0.366. The summed E-state index contributed by atoms with van der Waals surface area (Å²) >= 11 is 0. The van der Waals surface area contributed by atoms with Gasteiger partial charge in [0.15, 0.2) is 0 Å². The first-order valence-electron chi connectivity index (χ1n) is 5.02. The fourth-order valence-corrected chi connectivity index (χ4v) is 1.76. The summed E-state index contributed by atoms with van der Waals surface area (Å²) in [5.41, 5.74) is 0. The zero-order valence-corrected chi connectivity index (χ0v) is 7.82. The molecule has 0 saturated heterocycles. The summed E-state index contributed by atoms with van der Waals surface area (Å²) in [5, 5.41) is 0. The summed E-state index contributed by atoms with van der Waals surface area (Å²) in [6, 6.07) is 0. The van der Waals surface area contributed by atoms with Gasteiger partial charge in [0.2, 0.25) is 0 Å². The molecule has 0 saturated carbocycles. The highest BCUT2D eigenvalue weighted by Gasteiger charge is 2.12. The Hall–Kier alpha value is -0.600. The molecule has 0 unspecified atom stereocenters. The first kappa shape index (κ1) is 8.97. The van der Waals surface area contributed by atoms with Crippen molar-refractivity contribution in [2.24, 2.45) is 0 Å². The fraction of sp³-hybridized carbons (Fsp3) is 0.636. The van der Waals surface area contributed by atoms with Gasteiger partial charge >= 0.3 is 0 Å². The largest absolute Gasteiger partial charge is 0.370 e. The molecule has 0 aromatic rings. The third kappa shape index (κ3) is 2.68. The highest BCUT2D eigenvalue weighted by molar-refractivity contribution is 4.97. The molecule has 0 amide bonds. The Morgan fingerprint density at radius 2 is 1.46 bits per heavy atom. The van der Waals surface area contributed by atoms with Crippen LogP contribution in [0.5, 0.6) is 0 Å². The zero-order valence-electron chi connectivity index (χ0n) is 7.82. The van der Waals surface area contributed by atoms with Crippen molar-refractivity contribution in [1.29, 1.82) is 0 Å². The Balaban J connectivity index is 1.57. The maximum Gasteiger partial charge on any atom is 0.0760 e. The van der Waals surface area contributed by atoms with Crippen LogP contribution in [0.4, 0.5) is 0 Å². The number of rotatable bonds is 4. The second kappa shape index (κ2) is 4.58. The first-order chi connectivity index (χ1) is 6.45. The van der Waals surface area contributed by atoms with Crippen LogP contribution >= 0.6 is 0 Å². The Kier molecular flexibility index (Phi) is 3.16. The molecular weight excluding hydrogens is 164 g/mol. The van der Waals surface area contributed by atoms with Crippen molar-refractivity contribution in [2.45, 2.75) is 31.5 Å². The van der Waals surface area contributed by atoms with Crippen LogP contribution in [0, 0.1) is 0 Å². The summed E-state index contributed by atoms with van der Waals surface area (Å²) in [4.78, 5) is 0. The summed E-state index contributed by atoms with van der Waals surface area (Å²) in [7, 11) is 0. The van der Waals surface area contributed by atoms with Crippen molar-refractivity contribution in [3.8, 4) is 0 Å². The minimum Gasteiger partial charge on any atom is -0.370 e. The van der Waals surface area contributed by atoms with Crippen molar-refractivity contribution in [1.82, 2.24) is 0 Å². The Labute approximate surface area is 79.2 Å². The minimum absolute atomic E-state index is 0.366. The molecule has 0 spiro atoms. The predicted octanol–water partition coefficient (Wildman–Crippen LogP) is 2.07. The van der Waals surface area contributed by atoms with Crippen LogP contribution < -0.4 is 0 Å².